The quantitative estimate of drug-likeness (QED) is 0.237. The van der Waals surface area contributed by atoms with Crippen molar-refractivity contribution in [3.8, 4) is 0 Å². The van der Waals surface area contributed by atoms with E-state index in [1.807, 2.05) is 0 Å². The maximum Gasteiger partial charge on any atom is -1.00 e. The monoisotopic (exact) mass is 641 g/mol. The third kappa shape index (κ3) is 4.94. The zero-order chi connectivity index (χ0) is 17.0. The van der Waals surface area contributed by atoms with E-state index in [1.165, 1.54) is 34.7 Å². The summed E-state index contributed by atoms with van der Waals surface area (Å²) in [7, 11) is 0. The molecule has 0 fully saturated rings. The Morgan fingerprint density at radius 2 is 1.00 bits per heavy atom. The van der Waals surface area contributed by atoms with Crippen molar-refractivity contribution in [2.75, 3.05) is 0 Å². The standard InChI is InChI=1S/C18H15P.C5H5.Co.2HI/c1-4-10-16(11-5-1)19(17-12-6-2-7-13-17)18-14-8-3-9-15-18;1-2-4-5-3-1;;;/h1-15H;1-3H,4H2;;2*1H/q;;+1;;/p-1. The summed E-state index contributed by atoms with van der Waals surface area (Å²) in [6.45, 7) is 0. The average molecular weight is 641 g/mol. The number of hydrogen-bond acceptors (Lipinski definition) is 0. The van der Waals surface area contributed by atoms with Crippen molar-refractivity contribution in [2.24, 2.45) is 0 Å². The van der Waals surface area contributed by atoms with Crippen LogP contribution in [0, 0.1) is 0 Å². The van der Waals surface area contributed by atoms with Gasteiger partial charge in [0.25, 0.3) is 0 Å². The molecule has 4 heteroatoms. The first kappa shape index (κ1) is 22.8. The maximum atomic E-state index is 2.32. The van der Waals surface area contributed by atoms with Gasteiger partial charge in [0.05, 0.1) is 0 Å². The van der Waals surface area contributed by atoms with Crippen molar-refractivity contribution in [1.82, 2.24) is 0 Å². The molecule has 0 saturated heterocycles. The van der Waals surface area contributed by atoms with Crippen molar-refractivity contribution in [1.29, 1.82) is 0 Å². The Morgan fingerprint density at radius 1 is 0.593 bits per heavy atom. The van der Waals surface area contributed by atoms with Gasteiger partial charge in [-0.3, -0.25) is 0 Å². The Labute approximate surface area is 202 Å². The van der Waals surface area contributed by atoms with Gasteiger partial charge in [0.1, 0.15) is 0 Å². The normalized spacial score (nSPS) is 13.3. The minimum absolute atomic E-state index is 0. The van der Waals surface area contributed by atoms with Crippen LogP contribution in [0.2, 0.25) is 0 Å². The van der Waals surface area contributed by atoms with Crippen LogP contribution in [0.25, 0.3) is 0 Å². The van der Waals surface area contributed by atoms with E-state index in [-0.39, 0.29) is 48.0 Å². The summed E-state index contributed by atoms with van der Waals surface area (Å²) >= 11 is 1.50. The smallest absolute Gasteiger partial charge is 1.00 e. The van der Waals surface area contributed by atoms with Crippen LogP contribution < -0.4 is 63.9 Å². The van der Waals surface area contributed by atoms with Gasteiger partial charge in [-0.2, -0.15) is 0 Å². The minimum atomic E-state index is -2.13. The summed E-state index contributed by atoms with van der Waals surface area (Å²) in [5.41, 5.74) is 0. The number of benzene rings is 3. The molecule has 0 bridgehead atoms. The predicted molar refractivity (Wildman–Crippen MR) is 108 cm³/mol. The predicted octanol–water partition coefficient (Wildman–Crippen LogP) is -1.44. The van der Waals surface area contributed by atoms with Crippen molar-refractivity contribution in [2.45, 2.75) is 6.42 Å². The first-order valence-electron chi connectivity index (χ1n) is 8.53. The second kappa shape index (κ2) is 10.9. The molecule has 0 saturated carbocycles. The summed E-state index contributed by atoms with van der Waals surface area (Å²) in [5, 5.41) is 4.42. The first-order valence-corrected chi connectivity index (χ1v) is 12.4. The Balaban J connectivity index is 0.00000131. The third-order valence-electron chi connectivity index (χ3n) is 4.42. The van der Waals surface area contributed by atoms with Gasteiger partial charge in [0, 0.05) is 0 Å². The Hall–Kier alpha value is -0.464. The van der Waals surface area contributed by atoms with Crippen molar-refractivity contribution < 1.29 is 62.2 Å². The van der Waals surface area contributed by atoms with E-state index in [9.17, 15) is 0 Å². The zero-order valence-electron chi connectivity index (χ0n) is 14.7. The Morgan fingerprint density at radius 3 is 1.33 bits per heavy atom. The van der Waals surface area contributed by atoms with Crippen LogP contribution in [-0.4, -0.2) is 0 Å². The summed E-state index contributed by atoms with van der Waals surface area (Å²) in [4.78, 5) is 0. The zero-order valence-corrected chi connectivity index (χ0v) is 21.0. The largest absolute Gasteiger partial charge is 1.00 e. The van der Waals surface area contributed by atoms with Gasteiger partial charge in [0.15, 0.2) is 0 Å². The van der Waals surface area contributed by atoms with E-state index < -0.39 is 5.99 Å². The summed E-state index contributed by atoms with van der Waals surface area (Å²) < 4.78 is 1.51. The van der Waals surface area contributed by atoms with Gasteiger partial charge in [-0.15, -0.1) is 0 Å². The molecule has 3 aromatic carbocycles. The molecule has 0 unspecified atom stereocenters. The summed E-state index contributed by atoms with van der Waals surface area (Å²) in [6, 6.07) is 33.4. The molecule has 0 aromatic heterocycles. The minimum Gasteiger partial charge on any atom is -1.00 e. The fourth-order valence-electron chi connectivity index (χ4n) is 3.26. The molecular weight excluding hydrogens is 620 g/mol. The van der Waals surface area contributed by atoms with E-state index in [0.29, 0.717) is 0 Å². The summed E-state index contributed by atoms with van der Waals surface area (Å²) in [6.07, 6.45) is 7.83. The Bertz CT molecular complexity index is 797. The molecule has 3 aromatic rings. The number of halogens is 2. The van der Waals surface area contributed by atoms with Gasteiger partial charge < -0.3 is 48.0 Å². The molecule has 0 nitrogen and oxygen atoms in total. The fraction of sp³-hybridized carbons (Fsp3) is 0.0435. The van der Waals surface area contributed by atoms with Crippen molar-refractivity contribution in [3.05, 3.63) is 114 Å². The maximum absolute atomic E-state index is 2.32. The topological polar surface area (TPSA) is 0 Å². The molecule has 0 amide bonds. The number of allylic oxidation sites excluding steroid dienone is 4. The molecular formula is C23H21CoI2P. The second-order valence-corrected chi connectivity index (χ2v) is 13.0. The van der Waals surface area contributed by atoms with Crippen LogP contribution >= 0.6 is 5.99 Å². The van der Waals surface area contributed by atoms with Gasteiger partial charge in [0.2, 0.25) is 0 Å². The van der Waals surface area contributed by atoms with Gasteiger partial charge in [-0.1, -0.05) is 0 Å². The molecule has 141 valence electrons. The van der Waals surface area contributed by atoms with Crippen LogP contribution in [0.15, 0.2) is 114 Å². The molecule has 0 N–H and O–H groups in total. The van der Waals surface area contributed by atoms with E-state index >= 15 is 0 Å². The van der Waals surface area contributed by atoms with Gasteiger partial charge in [-0.05, 0) is 0 Å². The molecule has 1 aliphatic rings. The van der Waals surface area contributed by atoms with Crippen LogP contribution in [0.3, 0.4) is 0 Å². The summed E-state index contributed by atoms with van der Waals surface area (Å²) in [5.74, 6) is -2.13. The van der Waals surface area contributed by atoms with Crippen LogP contribution in [0.1, 0.15) is 6.42 Å². The molecule has 1 aliphatic carbocycles. The molecule has 0 heterocycles. The van der Waals surface area contributed by atoms with E-state index in [4.69, 9.17) is 0 Å². The van der Waals surface area contributed by atoms with E-state index in [0.717, 1.165) is 6.42 Å². The molecule has 0 spiro atoms. The van der Waals surface area contributed by atoms with Gasteiger partial charge in [-0.25, -0.2) is 0 Å². The molecule has 0 atom stereocenters. The average Bonchev–Trinajstić information content (AvgIpc) is 3.21. The first-order chi connectivity index (χ1) is 12.4. The molecule has 0 radical (unpaired) electrons. The van der Waals surface area contributed by atoms with Crippen LogP contribution in [0.5, 0.6) is 0 Å². The van der Waals surface area contributed by atoms with Crippen LogP contribution in [0.4, 0.5) is 0 Å². The SMILES string of the molecule is C1=CC[C]([Co+2][PH](c2ccccc2)(c2ccccc2)c2ccccc2)=C1.[I-].[I-]. The third-order valence-corrected chi connectivity index (χ3v) is 13.5. The van der Waals surface area contributed by atoms with Crippen molar-refractivity contribution in [3.63, 3.8) is 0 Å². The second-order valence-electron chi connectivity index (χ2n) is 6.02. The van der Waals surface area contributed by atoms with Crippen LogP contribution in [-0.2, 0) is 14.3 Å². The van der Waals surface area contributed by atoms with Gasteiger partial charge >= 0.3 is 156 Å². The van der Waals surface area contributed by atoms with E-state index in [1.54, 1.807) is 0 Å². The molecule has 4 rings (SSSR count). The van der Waals surface area contributed by atoms with Crippen molar-refractivity contribution >= 4 is 21.9 Å². The van der Waals surface area contributed by atoms with E-state index in [2.05, 4.69) is 109 Å². The number of rotatable bonds is 5. The molecule has 0 aliphatic heterocycles. The fourth-order valence-corrected chi connectivity index (χ4v) is 12.1. The Kier molecular flexibility index (Phi) is 9.22. The number of hydrogen-bond donors (Lipinski definition) is 0. The molecule has 27 heavy (non-hydrogen) atoms.